The molecule has 2 aromatic rings. The molecule has 1 radical (unpaired) electrons. The molecule has 0 heterocycles. The zero-order chi connectivity index (χ0) is 8.55. The van der Waals surface area contributed by atoms with E-state index in [-0.39, 0.29) is 5.02 Å². The molecule has 0 aliphatic carbocycles. The van der Waals surface area contributed by atoms with Gasteiger partial charge in [-0.2, -0.15) is 0 Å². The van der Waals surface area contributed by atoms with Gasteiger partial charge in [-0.3, -0.25) is 0 Å². The molecule has 2 aromatic carbocycles. The Morgan fingerprint density at radius 2 is 2.00 bits per heavy atom. The molecule has 12 heavy (non-hydrogen) atoms. The molecule has 59 valence electrons. The lowest BCUT2D eigenvalue weighted by atomic mass is 10.1. The molecule has 0 spiro atoms. The lowest BCUT2D eigenvalue weighted by molar-refractivity contribution is 0.630. The van der Waals surface area contributed by atoms with Gasteiger partial charge in [0.2, 0.25) is 0 Å². The molecule has 0 fully saturated rings. The van der Waals surface area contributed by atoms with Crippen molar-refractivity contribution in [3.05, 3.63) is 47.2 Å². The Morgan fingerprint density at radius 1 is 1.25 bits per heavy atom. The van der Waals surface area contributed by atoms with Gasteiger partial charge in [0.05, 0.1) is 5.02 Å². The maximum Gasteiger partial charge on any atom is 0.143 e. The Balaban J connectivity index is 2.84. The van der Waals surface area contributed by atoms with Crippen molar-refractivity contribution < 1.29 is 4.39 Å². The molecular weight excluding hydrogens is 175 g/mol. The molecule has 0 aliphatic heterocycles. The topological polar surface area (TPSA) is 0 Å². The lowest BCUT2D eigenvalue weighted by Crippen LogP contribution is -1.78. The van der Waals surface area contributed by atoms with Crippen molar-refractivity contribution in [2.24, 2.45) is 0 Å². The lowest BCUT2D eigenvalue weighted by Gasteiger charge is -1.97. The first-order valence-corrected chi connectivity index (χ1v) is 3.91. The van der Waals surface area contributed by atoms with E-state index in [9.17, 15) is 4.39 Å². The van der Waals surface area contributed by atoms with Crippen LogP contribution >= 0.6 is 11.6 Å². The predicted molar refractivity (Wildman–Crippen MR) is 47.8 cm³/mol. The third kappa shape index (κ3) is 1.16. The number of benzene rings is 2. The van der Waals surface area contributed by atoms with Crippen LogP contribution in [0.3, 0.4) is 0 Å². The zero-order valence-corrected chi connectivity index (χ0v) is 6.90. The Labute approximate surface area is 74.6 Å². The van der Waals surface area contributed by atoms with Gasteiger partial charge in [0.1, 0.15) is 5.82 Å². The minimum atomic E-state index is -0.421. The molecule has 0 saturated carbocycles. The smallest absolute Gasteiger partial charge is 0.143 e. The second-order valence-corrected chi connectivity index (χ2v) is 2.90. The molecule has 0 bridgehead atoms. The highest BCUT2D eigenvalue weighted by Gasteiger charge is 2.00. The van der Waals surface area contributed by atoms with Crippen LogP contribution in [0.1, 0.15) is 0 Å². The summed E-state index contributed by atoms with van der Waals surface area (Å²) in [7, 11) is 0. The Morgan fingerprint density at radius 3 is 2.83 bits per heavy atom. The SMILES string of the molecule is Fc1cc2ccccc2[c]c1Cl. The molecule has 0 aromatic heterocycles. The third-order valence-corrected chi connectivity index (χ3v) is 1.97. The van der Waals surface area contributed by atoms with Crippen molar-refractivity contribution in [3.63, 3.8) is 0 Å². The summed E-state index contributed by atoms with van der Waals surface area (Å²) in [6.07, 6.45) is 0. The van der Waals surface area contributed by atoms with Crippen LogP contribution in [0.15, 0.2) is 30.3 Å². The number of fused-ring (bicyclic) bond motifs is 1. The van der Waals surface area contributed by atoms with Gasteiger partial charge in [-0.25, -0.2) is 4.39 Å². The largest absolute Gasteiger partial charge is 0.205 e. The molecule has 0 N–H and O–H groups in total. The van der Waals surface area contributed by atoms with Gasteiger partial charge in [-0.05, 0) is 16.8 Å². The fourth-order valence-corrected chi connectivity index (χ4v) is 1.27. The van der Waals surface area contributed by atoms with Crippen LogP contribution < -0.4 is 0 Å². The molecule has 2 rings (SSSR count). The number of hydrogen-bond donors (Lipinski definition) is 0. The molecule has 0 unspecified atom stereocenters. The van der Waals surface area contributed by atoms with E-state index < -0.39 is 5.82 Å². The van der Waals surface area contributed by atoms with Crippen LogP contribution in [0, 0.1) is 11.9 Å². The van der Waals surface area contributed by atoms with E-state index in [4.69, 9.17) is 11.6 Å². The zero-order valence-electron chi connectivity index (χ0n) is 6.14. The van der Waals surface area contributed by atoms with E-state index in [1.807, 2.05) is 24.3 Å². The highest BCUT2D eigenvalue weighted by molar-refractivity contribution is 6.31. The molecular formula is C10H5ClF. The highest BCUT2D eigenvalue weighted by Crippen LogP contribution is 2.21. The Kier molecular flexibility index (Phi) is 1.74. The maximum absolute atomic E-state index is 12.9. The quantitative estimate of drug-likeness (QED) is 0.581. The third-order valence-electron chi connectivity index (χ3n) is 1.70. The fourth-order valence-electron chi connectivity index (χ4n) is 1.11. The van der Waals surface area contributed by atoms with Gasteiger partial charge in [-0.1, -0.05) is 35.9 Å². The first-order chi connectivity index (χ1) is 5.77. The Hall–Kier alpha value is -1.08. The minimum Gasteiger partial charge on any atom is -0.205 e. The maximum atomic E-state index is 12.9. The van der Waals surface area contributed by atoms with Crippen LogP contribution in [0.5, 0.6) is 0 Å². The predicted octanol–water partition coefficient (Wildman–Crippen LogP) is 3.43. The van der Waals surface area contributed by atoms with Crippen LogP contribution in [0.2, 0.25) is 5.02 Å². The molecule has 0 amide bonds. The average Bonchev–Trinajstić information content (AvgIpc) is 2.07. The summed E-state index contributed by atoms with van der Waals surface area (Å²) in [6.45, 7) is 0. The monoisotopic (exact) mass is 179 g/mol. The first kappa shape index (κ1) is 7.56. The van der Waals surface area contributed by atoms with Crippen molar-refractivity contribution in [2.75, 3.05) is 0 Å². The van der Waals surface area contributed by atoms with Crippen LogP contribution in [-0.2, 0) is 0 Å². The normalized spacial score (nSPS) is 10.5. The number of rotatable bonds is 0. The summed E-state index contributed by atoms with van der Waals surface area (Å²) in [5.41, 5.74) is 0. The Bertz CT molecular complexity index is 383. The summed E-state index contributed by atoms with van der Waals surface area (Å²) < 4.78 is 12.9. The van der Waals surface area contributed by atoms with Crippen LogP contribution in [0.25, 0.3) is 10.8 Å². The molecule has 0 nitrogen and oxygen atoms in total. The minimum absolute atomic E-state index is 0.0497. The van der Waals surface area contributed by atoms with Crippen molar-refractivity contribution >= 4 is 22.4 Å². The van der Waals surface area contributed by atoms with Crippen molar-refractivity contribution in [3.8, 4) is 0 Å². The van der Waals surface area contributed by atoms with Gasteiger partial charge in [0.15, 0.2) is 0 Å². The number of hydrogen-bond acceptors (Lipinski definition) is 0. The van der Waals surface area contributed by atoms with Crippen molar-refractivity contribution in [1.82, 2.24) is 0 Å². The van der Waals surface area contributed by atoms with E-state index >= 15 is 0 Å². The van der Waals surface area contributed by atoms with Crippen molar-refractivity contribution in [2.45, 2.75) is 0 Å². The molecule has 0 aliphatic rings. The summed E-state index contributed by atoms with van der Waals surface area (Å²) >= 11 is 5.56. The standard InChI is InChI=1S/C10H5ClF/c11-9-5-7-3-1-2-4-8(7)6-10(9)12/h1-4,6H. The van der Waals surface area contributed by atoms with Gasteiger partial charge in [0, 0.05) is 6.07 Å². The van der Waals surface area contributed by atoms with Crippen LogP contribution in [0.4, 0.5) is 4.39 Å². The van der Waals surface area contributed by atoms with E-state index in [1.54, 1.807) is 0 Å². The second kappa shape index (κ2) is 2.76. The van der Waals surface area contributed by atoms with E-state index in [0.717, 1.165) is 10.8 Å². The molecule has 2 heteroatoms. The second-order valence-electron chi connectivity index (χ2n) is 2.52. The van der Waals surface area contributed by atoms with Gasteiger partial charge in [0.25, 0.3) is 0 Å². The van der Waals surface area contributed by atoms with Gasteiger partial charge >= 0.3 is 0 Å². The van der Waals surface area contributed by atoms with Crippen LogP contribution in [-0.4, -0.2) is 0 Å². The summed E-state index contributed by atoms with van der Waals surface area (Å²) in [4.78, 5) is 0. The number of halogens is 2. The van der Waals surface area contributed by atoms with Crippen molar-refractivity contribution in [1.29, 1.82) is 0 Å². The summed E-state index contributed by atoms with van der Waals surface area (Å²) in [6, 6.07) is 11.6. The fraction of sp³-hybridized carbons (Fsp3) is 0. The van der Waals surface area contributed by atoms with Gasteiger partial charge < -0.3 is 0 Å². The first-order valence-electron chi connectivity index (χ1n) is 3.53. The summed E-state index contributed by atoms with van der Waals surface area (Å²) in [5, 5.41) is 1.71. The van der Waals surface area contributed by atoms with E-state index in [1.165, 1.54) is 6.07 Å². The highest BCUT2D eigenvalue weighted by atomic mass is 35.5. The van der Waals surface area contributed by atoms with Gasteiger partial charge in [-0.15, -0.1) is 0 Å². The van der Waals surface area contributed by atoms with E-state index in [0.29, 0.717) is 0 Å². The average molecular weight is 180 g/mol. The molecule has 0 atom stereocenters. The summed E-state index contributed by atoms with van der Waals surface area (Å²) in [5.74, 6) is -0.421. The molecule has 0 saturated heterocycles. The van der Waals surface area contributed by atoms with E-state index in [2.05, 4.69) is 6.07 Å².